The molecule has 0 radical (unpaired) electrons. The zero-order valence-electron chi connectivity index (χ0n) is 13.0. The number of rotatable bonds is 6. The monoisotopic (exact) mass is 345 g/mol. The summed E-state index contributed by atoms with van der Waals surface area (Å²) in [5, 5.41) is 9.62. The molecule has 0 saturated carbocycles. The number of aromatic nitrogens is 2. The van der Waals surface area contributed by atoms with Gasteiger partial charge in [-0.2, -0.15) is 10.2 Å². The molecule has 0 unspecified atom stereocenters. The Morgan fingerprint density at radius 1 is 1.33 bits per heavy atom. The lowest BCUT2D eigenvalue weighted by molar-refractivity contribution is 0.297. The van der Waals surface area contributed by atoms with Gasteiger partial charge in [0, 0.05) is 5.56 Å². The summed E-state index contributed by atoms with van der Waals surface area (Å²) in [5.74, 6) is 0.765. The van der Waals surface area contributed by atoms with Gasteiger partial charge in [-0.25, -0.2) is 4.98 Å². The number of anilines is 2. The molecule has 4 N–H and O–H groups in total. The Labute approximate surface area is 144 Å². The van der Waals surface area contributed by atoms with Crippen LogP contribution in [0.1, 0.15) is 12.5 Å². The molecule has 2 rings (SSSR count). The summed E-state index contributed by atoms with van der Waals surface area (Å²) >= 11 is 6.30. The van der Waals surface area contributed by atoms with Crippen molar-refractivity contribution >= 4 is 23.4 Å². The van der Waals surface area contributed by atoms with Crippen molar-refractivity contribution in [3.8, 4) is 28.8 Å². The highest BCUT2D eigenvalue weighted by atomic mass is 35.5. The van der Waals surface area contributed by atoms with Crippen LogP contribution in [0.25, 0.3) is 11.3 Å². The topological polar surface area (TPSA) is 120 Å². The van der Waals surface area contributed by atoms with Crippen LogP contribution in [0.2, 0.25) is 5.02 Å². The van der Waals surface area contributed by atoms with Gasteiger partial charge in [-0.3, -0.25) is 0 Å². The Kier molecular flexibility index (Phi) is 5.45. The maximum Gasteiger partial charge on any atom is 0.222 e. The predicted molar refractivity (Wildman–Crippen MR) is 92.9 cm³/mol. The molecule has 1 aromatic heterocycles. The van der Waals surface area contributed by atoms with Crippen molar-refractivity contribution in [2.24, 2.45) is 0 Å². The number of nitrogens with two attached hydrogens (primary N) is 2. The molecule has 0 aliphatic carbocycles. The zero-order chi connectivity index (χ0) is 17.7. The van der Waals surface area contributed by atoms with Crippen molar-refractivity contribution in [2.45, 2.75) is 6.92 Å². The van der Waals surface area contributed by atoms with Crippen LogP contribution in [0.4, 0.5) is 11.8 Å². The molecule has 24 heavy (non-hydrogen) atoms. The Hall–Kier alpha value is -2.98. The van der Waals surface area contributed by atoms with Gasteiger partial charge in [0.25, 0.3) is 0 Å². The first kappa shape index (κ1) is 17.4. The van der Waals surface area contributed by atoms with E-state index in [-0.39, 0.29) is 29.6 Å². The molecule has 124 valence electrons. The predicted octanol–water partition coefficient (Wildman–Crippen LogP) is 2.80. The second-order valence-corrected chi connectivity index (χ2v) is 5.03. The van der Waals surface area contributed by atoms with Crippen LogP contribution in [-0.2, 0) is 0 Å². The summed E-state index contributed by atoms with van der Waals surface area (Å²) in [6.07, 6.45) is 1.60. The number of halogens is 1. The van der Waals surface area contributed by atoms with E-state index in [1.807, 2.05) is 13.0 Å². The molecule has 0 bridgehead atoms. The van der Waals surface area contributed by atoms with Gasteiger partial charge in [0.05, 0.1) is 17.3 Å². The summed E-state index contributed by atoms with van der Waals surface area (Å²) in [7, 11) is 0. The van der Waals surface area contributed by atoms with Crippen molar-refractivity contribution < 1.29 is 9.47 Å². The van der Waals surface area contributed by atoms with Gasteiger partial charge in [0.2, 0.25) is 5.95 Å². The third kappa shape index (κ3) is 3.50. The largest absolute Gasteiger partial charge is 0.490 e. The van der Waals surface area contributed by atoms with Gasteiger partial charge in [-0.05, 0) is 19.1 Å². The molecule has 2 aromatic rings. The van der Waals surface area contributed by atoms with Crippen molar-refractivity contribution in [1.29, 1.82) is 5.26 Å². The number of hydrogen-bond donors (Lipinski definition) is 2. The zero-order valence-corrected chi connectivity index (χ0v) is 13.8. The second-order valence-electron chi connectivity index (χ2n) is 4.62. The quantitative estimate of drug-likeness (QED) is 0.772. The van der Waals surface area contributed by atoms with Crippen LogP contribution in [0.5, 0.6) is 11.5 Å². The summed E-state index contributed by atoms with van der Waals surface area (Å²) < 4.78 is 11.1. The Morgan fingerprint density at radius 2 is 2.08 bits per heavy atom. The smallest absolute Gasteiger partial charge is 0.222 e. The van der Waals surface area contributed by atoms with E-state index < -0.39 is 0 Å². The fourth-order valence-corrected chi connectivity index (χ4v) is 2.33. The van der Waals surface area contributed by atoms with Gasteiger partial charge in [-0.15, -0.1) is 0 Å². The van der Waals surface area contributed by atoms with Crippen LogP contribution >= 0.6 is 11.6 Å². The fraction of sp³-hybridized carbons (Fsp3) is 0.188. The van der Waals surface area contributed by atoms with Crippen molar-refractivity contribution in [2.75, 3.05) is 24.7 Å². The molecule has 1 heterocycles. The lowest BCUT2D eigenvalue weighted by Gasteiger charge is -2.15. The van der Waals surface area contributed by atoms with E-state index in [0.29, 0.717) is 28.7 Å². The van der Waals surface area contributed by atoms with E-state index in [4.69, 9.17) is 32.5 Å². The highest BCUT2D eigenvalue weighted by Gasteiger charge is 2.18. The summed E-state index contributed by atoms with van der Waals surface area (Å²) in [4.78, 5) is 7.89. The highest BCUT2D eigenvalue weighted by Crippen LogP contribution is 2.40. The van der Waals surface area contributed by atoms with E-state index >= 15 is 0 Å². The minimum absolute atomic E-state index is 0.000987. The number of nitrogens with zero attached hydrogens (tertiary/aromatic N) is 3. The Balaban J connectivity index is 2.64. The summed E-state index contributed by atoms with van der Waals surface area (Å²) in [6.45, 7) is 6.11. The maximum atomic E-state index is 9.31. The number of nitrogen functional groups attached to an aromatic ring is 2. The molecule has 0 aliphatic heterocycles. The fourth-order valence-electron chi connectivity index (χ4n) is 2.07. The van der Waals surface area contributed by atoms with Crippen molar-refractivity contribution in [3.05, 3.63) is 35.4 Å². The summed E-state index contributed by atoms with van der Waals surface area (Å²) in [5.41, 5.74) is 12.3. The average molecular weight is 346 g/mol. The van der Waals surface area contributed by atoms with E-state index in [1.54, 1.807) is 18.2 Å². The molecular weight excluding hydrogens is 330 g/mol. The molecule has 0 saturated heterocycles. The standard InChI is InChI=1S/C16H16ClN5O2/c1-3-5-24-14-11(17)6-9(7-12(14)23-4-2)13-10(8-18)15(19)22-16(20)21-13/h3,6-7H,1,4-5H2,2H3,(H4,19,20,21,22). The molecule has 0 aliphatic rings. The number of hydrogen-bond acceptors (Lipinski definition) is 7. The average Bonchev–Trinajstić information content (AvgIpc) is 2.53. The van der Waals surface area contributed by atoms with Gasteiger partial charge in [-0.1, -0.05) is 24.3 Å². The normalized spacial score (nSPS) is 10.0. The SMILES string of the molecule is C=CCOc1c(Cl)cc(-c2nc(N)nc(N)c2C#N)cc1OCC. The van der Waals surface area contributed by atoms with Crippen LogP contribution in [0.3, 0.4) is 0 Å². The highest BCUT2D eigenvalue weighted by molar-refractivity contribution is 6.32. The van der Waals surface area contributed by atoms with E-state index in [9.17, 15) is 5.26 Å². The Bertz CT molecular complexity index is 817. The van der Waals surface area contributed by atoms with Crippen LogP contribution in [0.15, 0.2) is 24.8 Å². The Morgan fingerprint density at radius 3 is 2.71 bits per heavy atom. The first-order valence-electron chi connectivity index (χ1n) is 7.05. The van der Waals surface area contributed by atoms with Gasteiger partial charge >= 0.3 is 0 Å². The van der Waals surface area contributed by atoms with E-state index in [0.717, 1.165) is 0 Å². The minimum Gasteiger partial charge on any atom is -0.490 e. The molecule has 0 spiro atoms. The van der Waals surface area contributed by atoms with Crippen LogP contribution in [0, 0.1) is 11.3 Å². The number of benzene rings is 1. The first-order valence-corrected chi connectivity index (χ1v) is 7.43. The van der Waals surface area contributed by atoms with Crippen LogP contribution < -0.4 is 20.9 Å². The van der Waals surface area contributed by atoms with E-state index in [1.165, 1.54) is 0 Å². The first-order chi connectivity index (χ1) is 11.5. The molecule has 0 amide bonds. The lowest BCUT2D eigenvalue weighted by Crippen LogP contribution is -2.05. The summed E-state index contributed by atoms with van der Waals surface area (Å²) in [6, 6.07) is 5.24. The van der Waals surface area contributed by atoms with Gasteiger partial charge in [0.15, 0.2) is 11.5 Å². The molecule has 1 aromatic carbocycles. The molecule has 0 fully saturated rings. The van der Waals surface area contributed by atoms with Crippen molar-refractivity contribution in [3.63, 3.8) is 0 Å². The van der Waals surface area contributed by atoms with Crippen molar-refractivity contribution in [1.82, 2.24) is 9.97 Å². The minimum atomic E-state index is -0.0393. The lowest BCUT2D eigenvalue weighted by atomic mass is 10.1. The van der Waals surface area contributed by atoms with Gasteiger partial charge in [0.1, 0.15) is 24.1 Å². The number of ether oxygens (including phenoxy) is 2. The molecular formula is C16H16ClN5O2. The van der Waals surface area contributed by atoms with Crippen LogP contribution in [-0.4, -0.2) is 23.2 Å². The second kappa shape index (κ2) is 7.53. The third-order valence-electron chi connectivity index (χ3n) is 2.99. The van der Waals surface area contributed by atoms with Gasteiger partial charge < -0.3 is 20.9 Å². The maximum absolute atomic E-state index is 9.31. The molecule has 7 nitrogen and oxygen atoms in total. The molecule has 0 atom stereocenters. The molecule has 8 heteroatoms. The third-order valence-corrected chi connectivity index (χ3v) is 3.28. The van der Waals surface area contributed by atoms with E-state index in [2.05, 4.69) is 16.5 Å². The number of nitriles is 1.